The van der Waals surface area contributed by atoms with Gasteiger partial charge in [0.1, 0.15) is 0 Å². The van der Waals surface area contributed by atoms with Crippen LogP contribution in [0.5, 0.6) is 0 Å². The lowest BCUT2D eigenvalue weighted by atomic mass is 9.98. The summed E-state index contributed by atoms with van der Waals surface area (Å²) in [5.41, 5.74) is 2.49. The Labute approximate surface area is 103 Å². The van der Waals surface area contributed by atoms with Crippen molar-refractivity contribution in [3.63, 3.8) is 0 Å². The van der Waals surface area contributed by atoms with Gasteiger partial charge < -0.3 is 0 Å². The highest BCUT2D eigenvalue weighted by atomic mass is 14.1. The summed E-state index contributed by atoms with van der Waals surface area (Å²) < 4.78 is 0. The maximum Gasteiger partial charge on any atom is 0.0199 e. The molecule has 0 unspecified atom stereocenters. The molecule has 0 saturated carbocycles. The highest BCUT2D eigenvalue weighted by Crippen LogP contribution is 2.19. The minimum Gasteiger partial charge on any atom is -0.102 e. The maximum absolute atomic E-state index is 3.90. The van der Waals surface area contributed by atoms with Gasteiger partial charge >= 0.3 is 0 Å². The minimum absolute atomic E-state index is 0.274. The molecule has 0 radical (unpaired) electrons. The van der Waals surface area contributed by atoms with Gasteiger partial charge in [-0.05, 0) is 11.1 Å². The standard InChI is InChI=1S/C17H16/c1-2-16(17-11-7-4-8-12-17)14-13-15-9-5-3-6-10-15/h2-14,16H,1H2/b14-13+/t16-/m1/s1. The normalized spacial score (nSPS) is 12.5. The maximum atomic E-state index is 3.90. The average Bonchev–Trinajstić information content (AvgIpc) is 2.42. The number of hydrogen-bond acceptors (Lipinski definition) is 0. The van der Waals surface area contributed by atoms with Gasteiger partial charge in [0.2, 0.25) is 0 Å². The zero-order chi connectivity index (χ0) is 11.9. The lowest BCUT2D eigenvalue weighted by molar-refractivity contribution is 1.09. The Morgan fingerprint density at radius 1 is 0.824 bits per heavy atom. The Kier molecular flexibility index (Phi) is 3.93. The zero-order valence-electron chi connectivity index (χ0n) is 9.79. The highest BCUT2D eigenvalue weighted by molar-refractivity contribution is 5.51. The second-order valence-corrected chi connectivity index (χ2v) is 3.94. The van der Waals surface area contributed by atoms with E-state index in [2.05, 4.69) is 55.1 Å². The van der Waals surface area contributed by atoms with Crippen molar-refractivity contribution >= 4 is 6.08 Å². The summed E-state index contributed by atoms with van der Waals surface area (Å²) in [7, 11) is 0. The van der Waals surface area contributed by atoms with Gasteiger partial charge in [-0.3, -0.25) is 0 Å². The van der Waals surface area contributed by atoms with Gasteiger partial charge in [0, 0.05) is 5.92 Å². The first-order valence-electron chi connectivity index (χ1n) is 5.81. The molecule has 0 N–H and O–H groups in total. The van der Waals surface area contributed by atoms with E-state index in [1.165, 1.54) is 11.1 Å². The largest absolute Gasteiger partial charge is 0.102 e. The van der Waals surface area contributed by atoms with Crippen molar-refractivity contribution in [3.8, 4) is 0 Å². The summed E-state index contributed by atoms with van der Waals surface area (Å²) in [6.07, 6.45) is 6.28. The second-order valence-electron chi connectivity index (χ2n) is 3.94. The van der Waals surface area contributed by atoms with Crippen molar-refractivity contribution in [2.24, 2.45) is 0 Å². The van der Waals surface area contributed by atoms with E-state index in [0.29, 0.717) is 0 Å². The summed E-state index contributed by atoms with van der Waals surface area (Å²) in [4.78, 5) is 0. The molecule has 0 heterocycles. The molecule has 0 heteroatoms. The molecule has 0 saturated heterocycles. The zero-order valence-corrected chi connectivity index (χ0v) is 9.79. The monoisotopic (exact) mass is 220 g/mol. The van der Waals surface area contributed by atoms with Gasteiger partial charge in [-0.15, -0.1) is 6.58 Å². The third-order valence-corrected chi connectivity index (χ3v) is 2.73. The van der Waals surface area contributed by atoms with Crippen molar-refractivity contribution in [1.82, 2.24) is 0 Å². The molecule has 0 aromatic heterocycles. The summed E-state index contributed by atoms with van der Waals surface area (Å²) in [6, 6.07) is 20.7. The van der Waals surface area contributed by atoms with Crippen LogP contribution in [-0.2, 0) is 0 Å². The SMILES string of the molecule is C=C[C@H](/C=C/c1ccccc1)c1ccccc1. The third kappa shape index (κ3) is 3.18. The quantitative estimate of drug-likeness (QED) is 0.657. The van der Waals surface area contributed by atoms with E-state index < -0.39 is 0 Å². The van der Waals surface area contributed by atoms with Crippen LogP contribution < -0.4 is 0 Å². The van der Waals surface area contributed by atoms with E-state index in [-0.39, 0.29) is 5.92 Å². The van der Waals surface area contributed by atoms with Crippen LogP contribution in [0.2, 0.25) is 0 Å². The van der Waals surface area contributed by atoms with Crippen LogP contribution in [0.25, 0.3) is 6.08 Å². The molecule has 17 heavy (non-hydrogen) atoms. The predicted octanol–water partition coefficient (Wildman–Crippen LogP) is 4.67. The van der Waals surface area contributed by atoms with Crippen LogP contribution in [0, 0.1) is 0 Å². The van der Waals surface area contributed by atoms with Crippen LogP contribution in [0.4, 0.5) is 0 Å². The fourth-order valence-electron chi connectivity index (χ4n) is 1.78. The topological polar surface area (TPSA) is 0 Å². The van der Waals surface area contributed by atoms with E-state index in [1.54, 1.807) is 0 Å². The van der Waals surface area contributed by atoms with Crippen molar-refractivity contribution < 1.29 is 0 Å². The Bertz CT molecular complexity index is 480. The summed E-state index contributed by atoms with van der Waals surface area (Å²) >= 11 is 0. The smallest absolute Gasteiger partial charge is 0.0199 e. The van der Waals surface area contributed by atoms with E-state index in [9.17, 15) is 0 Å². The fraction of sp³-hybridized carbons (Fsp3) is 0.0588. The van der Waals surface area contributed by atoms with Crippen LogP contribution in [0.15, 0.2) is 79.4 Å². The Morgan fingerprint density at radius 2 is 1.41 bits per heavy atom. The summed E-state index contributed by atoms with van der Waals surface area (Å²) in [6.45, 7) is 3.90. The average molecular weight is 220 g/mol. The molecule has 0 fully saturated rings. The van der Waals surface area contributed by atoms with Crippen LogP contribution >= 0.6 is 0 Å². The molecule has 0 spiro atoms. The molecule has 0 amide bonds. The molecule has 84 valence electrons. The van der Waals surface area contributed by atoms with Crippen molar-refractivity contribution in [1.29, 1.82) is 0 Å². The predicted molar refractivity (Wildman–Crippen MR) is 74.9 cm³/mol. The van der Waals surface area contributed by atoms with E-state index >= 15 is 0 Å². The number of allylic oxidation sites excluding steroid dienone is 2. The molecule has 0 aliphatic rings. The first-order valence-corrected chi connectivity index (χ1v) is 5.81. The van der Waals surface area contributed by atoms with Gasteiger partial charge in [-0.2, -0.15) is 0 Å². The summed E-state index contributed by atoms with van der Waals surface area (Å²) in [5, 5.41) is 0. The van der Waals surface area contributed by atoms with E-state index in [1.807, 2.05) is 30.3 Å². The van der Waals surface area contributed by atoms with Crippen LogP contribution in [-0.4, -0.2) is 0 Å². The first-order chi connectivity index (χ1) is 8.40. The Morgan fingerprint density at radius 3 is 2.00 bits per heavy atom. The Hall–Kier alpha value is -2.08. The second kappa shape index (κ2) is 5.86. The van der Waals surface area contributed by atoms with Crippen LogP contribution in [0.3, 0.4) is 0 Å². The van der Waals surface area contributed by atoms with Gasteiger partial charge in [0.15, 0.2) is 0 Å². The fourth-order valence-corrected chi connectivity index (χ4v) is 1.78. The van der Waals surface area contributed by atoms with Crippen LogP contribution in [0.1, 0.15) is 17.0 Å². The van der Waals surface area contributed by atoms with E-state index in [0.717, 1.165) is 0 Å². The lowest BCUT2D eigenvalue weighted by Gasteiger charge is -2.07. The Balaban J connectivity index is 2.16. The number of rotatable bonds is 4. The molecule has 0 nitrogen and oxygen atoms in total. The molecule has 0 aliphatic carbocycles. The van der Waals surface area contributed by atoms with Gasteiger partial charge in [0.25, 0.3) is 0 Å². The molecular weight excluding hydrogens is 204 g/mol. The lowest BCUT2D eigenvalue weighted by Crippen LogP contribution is -1.89. The van der Waals surface area contributed by atoms with Crippen molar-refractivity contribution in [3.05, 3.63) is 90.5 Å². The van der Waals surface area contributed by atoms with Gasteiger partial charge in [0.05, 0.1) is 0 Å². The minimum atomic E-state index is 0.274. The van der Waals surface area contributed by atoms with Gasteiger partial charge in [-0.25, -0.2) is 0 Å². The van der Waals surface area contributed by atoms with Crippen molar-refractivity contribution in [2.75, 3.05) is 0 Å². The molecular formula is C17H16. The van der Waals surface area contributed by atoms with Gasteiger partial charge in [-0.1, -0.05) is 78.9 Å². The number of hydrogen-bond donors (Lipinski definition) is 0. The molecule has 0 aliphatic heterocycles. The molecule has 2 rings (SSSR count). The van der Waals surface area contributed by atoms with Crippen molar-refractivity contribution in [2.45, 2.75) is 5.92 Å². The number of benzene rings is 2. The molecule has 2 aromatic rings. The third-order valence-electron chi connectivity index (χ3n) is 2.73. The summed E-state index contributed by atoms with van der Waals surface area (Å²) in [5.74, 6) is 0.274. The molecule has 0 bridgehead atoms. The first kappa shape index (κ1) is 11.4. The highest BCUT2D eigenvalue weighted by Gasteiger charge is 2.01. The molecule has 1 atom stereocenters. The molecule has 2 aromatic carbocycles. The van der Waals surface area contributed by atoms with E-state index in [4.69, 9.17) is 0 Å².